The Labute approximate surface area is 85.5 Å². The van der Waals surface area contributed by atoms with Crippen LogP contribution >= 0.6 is 0 Å². The van der Waals surface area contributed by atoms with E-state index in [9.17, 15) is 4.79 Å². The van der Waals surface area contributed by atoms with Crippen LogP contribution in [0.25, 0.3) is 5.57 Å². The fourth-order valence-corrected chi connectivity index (χ4v) is 1.24. The van der Waals surface area contributed by atoms with Gasteiger partial charge in [0.2, 0.25) is 0 Å². The van der Waals surface area contributed by atoms with Gasteiger partial charge in [0.05, 0.1) is 0 Å². The van der Waals surface area contributed by atoms with Crippen LogP contribution in [-0.2, 0) is 4.79 Å². The Morgan fingerprint density at radius 2 is 1.86 bits per heavy atom. The second-order valence-electron chi connectivity index (χ2n) is 3.51. The maximum atomic E-state index is 11.2. The Hall–Kier alpha value is -1.37. The van der Waals surface area contributed by atoms with E-state index in [0.717, 1.165) is 11.1 Å². The molecule has 0 atom stereocenters. The number of carbonyl (C=O) groups excluding carboxylic acids is 1. The van der Waals surface area contributed by atoms with Crippen molar-refractivity contribution in [2.45, 2.75) is 27.2 Å². The quantitative estimate of drug-likeness (QED) is 0.664. The molecule has 0 fully saturated rings. The summed E-state index contributed by atoms with van der Waals surface area (Å²) in [6, 6.07) is 8.21. The van der Waals surface area contributed by atoms with E-state index < -0.39 is 0 Å². The van der Waals surface area contributed by atoms with Crippen molar-refractivity contribution in [1.82, 2.24) is 0 Å². The number of hydrogen-bond donors (Lipinski definition) is 0. The molecule has 14 heavy (non-hydrogen) atoms. The fourth-order valence-electron chi connectivity index (χ4n) is 1.24. The predicted molar refractivity (Wildman–Crippen MR) is 60.1 cm³/mol. The monoisotopic (exact) mass is 188 g/mol. The van der Waals surface area contributed by atoms with E-state index in [-0.39, 0.29) is 5.78 Å². The molecule has 0 spiro atoms. The molecule has 0 bridgehead atoms. The van der Waals surface area contributed by atoms with Gasteiger partial charge in [-0.3, -0.25) is 4.79 Å². The van der Waals surface area contributed by atoms with Crippen molar-refractivity contribution in [3.63, 3.8) is 0 Å². The molecule has 0 N–H and O–H groups in total. The highest BCUT2D eigenvalue weighted by Crippen LogP contribution is 2.14. The van der Waals surface area contributed by atoms with Crippen molar-refractivity contribution in [3.05, 3.63) is 41.5 Å². The van der Waals surface area contributed by atoms with E-state index in [2.05, 4.69) is 19.1 Å². The zero-order valence-corrected chi connectivity index (χ0v) is 9.00. The molecule has 0 aliphatic rings. The van der Waals surface area contributed by atoms with Crippen molar-refractivity contribution in [2.24, 2.45) is 0 Å². The lowest BCUT2D eigenvalue weighted by atomic mass is 10.0. The van der Waals surface area contributed by atoms with E-state index in [1.165, 1.54) is 5.56 Å². The first-order valence-electron chi connectivity index (χ1n) is 4.91. The SMILES string of the molecule is CCC(=O)/C=C(\C)c1ccc(C)cc1. The van der Waals surface area contributed by atoms with Gasteiger partial charge < -0.3 is 0 Å². The summed E-state index contributed by atoms with van der Waals surface area (Å²) in [4.78, 5) is 11.2. The second-order valence-corrected chi connectivity index (χ2v) is 3.51. The summed E-state index contributed by atoms with van der Waals surface area (Å²) >= 11 is 0. The van der Waals surface area contributed by atoms with Crippen LogP contribution in [0.5, 0.6) is 0 Å². The second kappa shape index (κ2) is 4.75. The number of ketones is 1. The van der Waals surface area contributed by atoms with Gasteiger partial charge in [-0.2, -0.15) is 0 Å². The van der Waals surface area contributed by atoms with Gasteiger partial charge in [0.1, 0.15) is 0 Å². The maximum Gasteiger partial charge on any atom is 0.155 e. The van der Waals surface area contributed by atoms with Crippen molar-refractivity contribution in [1.29, 1.82) is 0 Å². The largest absolute Gasteiger partial charge is 0.295 e. The third-order valence-corrected chi connectivity index (χ3v) is 2.23. The summed E-state index contributed by atoms with van der Waals surface area (Å²) in [7, 11) is 0. The van der Waals surface area contributed by atoms with Gasteiger partial charge in [0, 0.05) is 6.42 Å². The molecule has 0 unspecified atom stereocenters. The van der Waals surface area contributed by atoms with E-state index in [4.69, 9.17) is 0 Å². The minimum absolute atomic E-state index is 0.183. The molecule has 0 radical (unpaired) electrons. The van der Waals surface area contributed by atoms with Gasteiger partial charge >= 0.3 is 0 Å². The molecule has 0 saturated carbocycles. The van der Waals surface area contributed by atoms with E-state index in [1.807, 2.05) is 26.0 Å². The molecule has 74 valence electrons. The molecule has 0 heterocycles. The average molecular weight is 188 g/mol. The zero-order valence-electron chi connectivity index (χ0n) is 9.00. The summed E-state index contributed by atoms with van der Waals surface area (Å²) in [6.07, 6.45) is 2.29. The van der Waals surface area contributed by atoms with Gasteiger partial charge in [-0.05, 0) is 31.1 Å². The lowest BCUT2D eigenvalue weighted by Crippen LogP contribution is -1.90. The summed E-state index contributed by atoms with van der Waals surface area (Å²) < 4.78 is 0. The molecule has 1 heteroatoms. The number of allylic oxidation sites excluding steroid dienone is 2. The third-order valence-electron chi connectivity index (χ3n) is 2.23. The Kier molecular flexibility index (Phi) is 3.63. The lowest BCUT2D eigenvalue weighted by Gasteiger charge is -2.01. The third kappa shape index (κ3) is 2.84. The lowest BCUT2D eigenvalue weighted by molar-refractivity contribution is -0.114. The molecule has 0 saturated heterocycles. The maximum absolute atomic E-state index is 11.2. The minimum Gasteiger partial charge on any atom is -0.295 e. The Morgan fingerprint density at radius 3 is 2.36 bits per heavy atom. The first kappa shape index (κ1) is 10.7. The number of aryl methyl sites for hydroxylation is 1. The first-order chi connectivity index (χ1) is 6.63. The molecular formula is C13H16O. The van der Waals surface area contributed by atoms with Crippen LogP contribution < -0.4 is 0 Å². The van der Waals surface area contributed by atoms with Gasteiger partial charge in [0.15, 0.2) is 5.78 Å². The Bertz CT molecular complexity index is 344. The molecule has 1 aromatic carbocycles. The van der Waals surface area contributed by atoms with Crippen LogP contribution in [0, 0.1) is 6.92 Å². The summed E-state index contributed by atoms with van der Waals surface area (Å²) in [5.74, 6) is 0.183. The van der Waals surface area contributed by atoms with Gasteiger partial charge in [-0.15, -0.1) is 0 Å². The van der Waals surface area contributed by atoms with Crippen LogP contribution in [0.15, 0.2) is 30.3 Å². The molecular weight excluding hydrogens is 172 g/mol. The molecule has 0 aliphatic heterocycles. The zero-order chi connectivity index (χ0) is 10.6. The minimum atomic E-state index is 0.183. The van der Waals surface area contributed by atoms with E-state index in [1.54, 1.807) is 6.08 Å². The Morgan fingerprint density at radius 1 is 1.29 bits per heavy atom. The van der Waals surface area contributed by atoms with Crippen LogP contribution in [-0.4, -0.2) is 5.78 Å². The topological polar surface area (TPSA) is 17.1 Å². The molecule has 1 nitrogen and oxygen atoms in total. The van der Waals surface area contributed by atoms with Crippen LogP contribution in [0.3, 0.4) is 0 Å². The summed E-state index contributed by atoms with van der Waals surface area (Å²) in [5, 5.41) is 0. The molecule has 1 aromatic rings. The highest BCUT2D eigenvalue weighted by molar-refractivity contribution is 5.96. The average Bonchev–Trinajstić information content (AvgIpc) is 2.18. The van der Waals surface area contributed by atoms with Crippen molar-refractivity contribution < 1.29 is 4.79 Å². The highest BCUT2D eigenvalue weighted by Gasteiger charge is 1.98. The van der Waals surface area contributed by atoms with Crippen LogP contribution in [0.1, 0.15) is 31.4 Å². The normalized spacial score (nSPS) is 11.5. The van der Waals surface area contributed by atoms with Crippen molar-refractivity contribution in [2.75, 3.05) is 0 Å². The van der Waals surface area contributed by atoms with Crippen LogP contribution in [0.4, 0.5) is 0 Å². The molecule has 0 amide bonds. The number of benzene rings is 1. The number of carbonyl (C=O) groups is 1. The molecule has 0 aromatic heterocycles. The van der Waals surface area contributed by atoms with Crippen molar-refractivity contribution >= 4 is 11.4 Å². The van der Waals surface area contributed by atoms with Gasteiger partial charge in [-0.1, -0.05) is 36.8 Å². The predicted octanol–water partition coefficient (Wildman–Crippen LogP) is 3.38. The van der Waals surface area contributed by atoms with Gasteiger partial charge in [0.25, 0.3) is 0 Å². The number of rotatable bonds is 3. The van der Waals surface area contributed by atoms with E-state index >= 15 is 0 Å². The fraction of sp³-hybridized carbons (Fsp3) is 0.308. The highest BCUT2D eigenvalue weighted by atomic mass is 16.1. The van der Waals surface area contributed by atoms with E-state index in [0.29, 0.717) is 6.42 Å². The summed E-state index contributed by atoms with van der Waals surface area (Å²) in [5.41, 5.74) is 3.40. The first-order valence-corrected chi connectivity index (χ1v) is 4.91. The smallest absolute Gasteiger partial charge is 0.155 e. The van der Waals surface area contributed by atoms with Crippen molar-refractivity contribution in [3.8, 4) is 0 Å². The molecule has 1 rings (SSSR count). The van der Waals surface area contributed by atoms with Gasteiger partial charge in [-0.25, -0.2) is 0 Å². The standard InChI is InChI=1S/C13H16O/c1-4-13(14)9-11(3)12-7-5-10(2)6-8-12/h5-9H,4H2,1-3H3/b11-9+. The number of hydrogen-bond acceptors (Lipinski definition) is 1. The summed E-state index contributed by atoms with van der Waals surface area (Å²) in [6.45, 7) is 5.90. The Balaban J connectivity index is 2.89. The van der Waals surface area contributed by atoms with Crippen LogP contribution in [0.2, 0.25) is 0 Å². The molecule has 0 aliphatic carbocycles.